The number of carbonyl (C=O) groups excluding carboxylic acids is 1. The number of nitrogens with one attached hydrogen (secondary N) is 2. The van der Waals surface area contributed by atoms with E-state index in [2.05, 4.69) is 15.4 Å². The molecular formula is C17H13F7N2O2. The van der Waals surface area contributed by atoms with Gasteiger partial charge in [-0.1, -0.05) is 0 Å². The Balaban J connectivity index is 1.97. The van der Waals surface area contributed by atoms with E-state index in [0.29, 0.717) is 0 Å². The molecule has 0 radical (unpaired) electrons. The maximum Gasteiger partial charge on any atom is 0.422 e. The molecule has 0 spiro atoms. The third-order valence-electron chi connectivity index (χ3n) is 3.27. The molecule has 0 atom stereocenters. The summed E-state index contributed by atoms with van der Waals surface area (Å²) in [5, 5.41) is 4.72. The van der Waals surface area contributed by atoms with E-state index in [1.54, 1.807) is 0 Å². The molecule has 2 aromatic carbocycles. The molecule has 0 unspecified atom stereocenters. The third-order valence-corrected chi connectivity index (χ3v) is 3.27. The van der Waals surface area contributed by atoms with Gasteiger partial charge in [0, 0.05) is 11.8 Å². The first-order valence-corrected chi connectivity index (χ1v) is 7.64. The first-order valence-electron chi connectivity index (χ1n) is 7.64. The number of benzene rings is 2. The highest BCUT2D eigenvalue weighted by Crippen LogP contribution is 2.30. The van der Waals surface area contributed by atoms with Crippen molar-refractivity contribution in [2.45, 2.75) is 12.4 Å². The van der Waals surface area contributed by atoms with Crippen LogP contribution in [0.2, 0.25) is 0 Å². The van der Waals surface area contributed by atoms with Crippen LogP contribution in [0.25, 0.3) is 0 Å². The summed E-state index contributed by atoms with van der Waals surface area (Å²) < 4.78 is 92.1. The van der Waals surface area contributed by atoms with Gasteiger partial charge in [0.25, 0.3) is 0 Å². The van der Waals surface area contributed by atoms with Crippen LogP contribution in [0, 0.1) is 5.82 Å². The molecule has 0 saturated heterocycles. The molecule has 0 saturated carbocycles. The molecule has 0 aliphatic rings. The van der Waals surface area contributed by atoms with E-state index < -0.39 is 42.8 Å². The lowest BCUT2D eigenvalue weighted by atomic mass is 10.2. The number of carbonyl (C=O) groups is 1. The van der Waals surface area contributed by atoms with Crippen molar-refractivity contribution in [3.8, 4) is 5.75 Å². The Morgan fingerprint density at radius 2 is 1.61 bits per heavy atom. The van der Waals surface area contributed by atoms with Crippen LogP contribution in [0.1, 0.15) is 5.56 Å². The maximum atomic E-state index is 13.3. The largest absolute Gasteiger partial charge is 0.482 e. The first kappa shape index (κ1) is 21.3. The number of anilines is 2. The molecular weight excluding hydrogens is 397 g/mol. The van der Waals surface area contributed by atoms with E-state index in [9.17, 15) is 35.5 Å². The van der Waals surface area contributed by atoms with Gasteiger partial charge in [0.1, 0.15) is 11.6 Å². The molecule has 11 heteroatoms. The Kier molecular flexibility index (Phi) is 6.37. The maximum absolute atomic E-state index is 13.3. The van der Waals surface area contributed by atoms with Gasteiger partial charge in [-0.05, 0) is 36.4 Å². The third kappa shape index (κ3) is 6.63. The lowest BCUT2D eigenvalue weighted by molar-refractivity contribution is -0.153. The number of hydrogen-bond donors (Lipinski definition) is 2. The van der Waals surface area contributed by atoms with Crippen molar-refractivity contribution in [2.24, 2.45) is 0 Å². The van der Waals surface area contributed by atoms with Crippen LogP contribution >= 0.6 is 0 Å². The summed E-state index contributed by atoms with van der Waals surface area (Å²) in [6, 6.07) is 6.34. The van der Waals surface area contributed by atoms with Crippen LogP contribution in [0.3, 0.4) is 0 Å². The van der Waals surface area contributed by atoms with Gasteiger partial charge in [-0.25, -0.2) is 4.39 Å². The number of ether oxygens (including phenoxy) is 1. The van der Waals surface area contributed by atoms with Gasteiger partial charge >= 0.3 is 12.4 Å². The topological polar surface area (TPSA) is 50.4 Å². The molecule has 0 fully saturated rings. The summed E-state index contributed by atoms with van der Waals surface area (Å²) >= 11 is 0. The lowest BCUT2D eigenvalue weighted by Crippen LogP contribution is -2.23. The SMILES string of the molecule is O=C(CNc1cc(F)ccc1OCC(F)(F)F)Nc1ccc(C(F)(F)F)cc1. The van der Waals surface area contributed by atoms with Crippen LogP contribution in [0.15, 0.2) is 42.5 Å². The monoisotopic (exact) mass is 410 g/mol. The number of halogens is 7. The normalized spacial score (nSPS) is 11.8. The zero-order chi connectivity index (χ0) is 20.9. The summed E-state index contributed by atoms with van der Waals surface area (Å²) in [6.45, 7) is -2.10. The molecule has 28 heavy (non-hydrogen) atoms. The highest BCUT2D eigenvalue weighted by Gasteiger charge is 2.30. The van der Waals surface area contributed by atoms with Crippen LogP contribution in [0.4, 0.5) is 42.1 Å². The minimum atomic E-state index is -4.61. The molecule has 2 rings (SSSR count). The van der Waals surface area contributed by atoms with Gasteiger partial charge in [-0.3, -0.25) is 4.79 Å². The molecule has 4 nitrogen and oxygen atoms in total. The molecule has 0 aromatic heterocycles. The fourth-order valence-electron chi connectivity index (χ4n) is 2.05. The Labute approximate surface area is 154 Å². The highest BCUT2D eigenvalue weighted by molar-refractivity contribution is 5.93. The molecule has 0 aliphatic heterocycles. The van der Waals surface area contributed by atoms with E-state index in [4.69, 9.17) is 0 Å². The summed E-state index contributed by atoms with van der Waals surface area (Å²) in [5.74, 6) is -1.81. The Morgan fingerprint density at radius 3 is 2.18 bits per heavy atom. The van der Waals surface area contributed by atoms with E-state index in [0.717, 1.165) is 42.5 Å². The van der Waals surface area contributed by atoms with Crippen LogP contribution in [-0.4, -0.2) is 25.2 Å². The smallest absolute Gasteiger partial charge is 0.422 e. The zero-order valence-corrected chi connectivity index (χ0v) is 13.9. The summed E-state index contributed by atoms with van der Waals surface area (Å²) in [4.78, 5) is 11.9. The Morgan fingerprint density at radius 1 is 0.964 bits per heavy atom. The van der Waals surface area contributed by atoms with Gasteiger partial charge in [0.05, 0.1) is 17.8 Å². The van der Waals surface area contributed by atoms with Crippen molar-refractivity contribution in [1.29, 1.82) is 0 Å². The predicted octanol–water partition coefficient (Wildman–Crippen LogP) is 4.84. The van der Waals surface area contributed by atoms with Gasteiger partial charge in [0.15, 0.2) is 6.61 Å². The Hall–Kier alpha value is -2.98. The molecule has 1 amide bonds. The fraction of sp³-hybridized carbons (Fsp3) is 0.235. The second-order valence-electron chi connectivity index (χ2n) is 5.52. The fourth-order valence-corrected chi connectivity index (χ4v) is 2.05. The van der Waals surface area contributed by atoms with Crippen molar-refractivity contribution in [2.75, 3.05) is 23.8 Å². The van der Waals surface area contributed by atoms with Crippen LogP contribution < -0.4 is 15.4 Å². The van der Waals surface area contributed by atoms with Crippen molar-refractivity contribution >= 4 is 17.3 Å². The quantitative estimate of drug-likeness (QED) is 0.671. The van der Waals surface area contributed by atoms with E-state index in [1.165, 1.54) is 0 Å². The number of amides is 1. The van der Waals surface area contributed by atoms with Crippen LogP contribution in [-0.2, 0) is 11.0 Å². The molecule has 0 bridgehead atoms. The minimum Gasteiger partial charge on any atom is -0.482 e. The molecule has 2 N–H and O–H groups in total. The average molecular weight is 410 g/mol. The second-order valence-corrected chi connectivity index (χ2v) is 5.52. The van der Waals surface area contributed by atoms with Gasteiger partial charge in [-0.15, -0.1) is 0 Å². The summed E-state index contributed by atoms with van der Waals surface area (Å²) in [5.41, 5.74) is -1.01. The predicted molar refractivity (Wildman–Crippen MR) is 86.5 cm³/mol. The van der Waals surface area contributed by atoms with E-state index in [-0.39, 0.29) is 17.1 Å². The van der Waals surface area contributed by atoms with Crippen molar-refractivity contribution in [3.05, 3.63) is 53.8 Å². The number of alkyl halides is 6. The van der Waals surface area contributed by atoms with Gasteiger partial charge in [-0.2, -0.15) is 26.3 Å². The van der Waals surface area contributed by atoms with Crippen molar-refractivity contribution < 1.29 is 40.3 Å². The Bertz CT molecular complexity index is 818. The zero-order valence-electron chi connectivity index (χ0n) is 13.9. The van der Waals surface area contributed by atoms with Crippen LogP contribution in [0.5, 0.6) is 5.75 Å². The van der Waals surface area contributed by atoms with E-state index >= 15 is 0 Å². The summed E-state index contributed by atoms with van der Waals surface area (Å²) in [7, 11) is 0. The standard InChI is InChI=1S/C17H13F7N2O2/c18-11-3-6-14(28-9-16(19,20)21)13(7-11)25-8-15(27)26-12-4-1-10(2-5-12)17(22,23)24/h1-7,25H,8-9H2,(H,26,27). The summed E-state index contributed by atoms with van der Waals surface area (Å²) in [6.07, 6.45) is -9.13. The van der Waals surface area contributed by atoms with Crippen molar-refractivity contribution in [3.63, 3.8) is 0 Å². The van der Waals surface area contributed by atoms with E-state index in [1.807, 2.05) is 0 Å². The first-order chi connectivity index (χ1) is 12.9. The molecule has 2 aromatic rings. The highest BCUT2D eigenvalue weighted by atomic mass is 19.4. The molecule has 0 heterocycles. The average Bonchev–Trinajstić information content (AvgIpc) is 2.58. The molecule has 152 valence electrons. The lowest BCUT2D eigenvalue weighted by Gasteiger charge is -2.15. The molecule has 0 aliphatic carbocycles. The van der Waals surface area contributed by atoms with Crippen molar-refractivity contribution in [1.82, 2.24) is 0 Å². The van der Waals surface area contributed by atoms with Gasteiger partial charge in [0.2, 0.25) is 5.91 Å². The minimum absolute atomic E-state index is 0.0765. The second kappa shape index (κ2) is 8.36. The van der Waals surface area contributed by atoms with Gasteiger partial charge < -0.3 is 15.4 Å². The number of rotatable bonds is 6. The number of hydrogen-bond acceptors (Lipinski definition) is 3.